The van der Waals surface area contributed by atoms with Crippen LogP contribution in [0, 0.1) is 11.6 Å². The molecule has 15 heavy (non-hydrogen) atoms. The number of rotatable bonds is 3. The van der Waals surface area contributed by atoms with Crippen molar-refractivity contribution in [1.82, 2.24) is 0 Å². The molecule has 0 aliphatic carbocycles. The van der Waals surface area contributed by atoms with Crippen LogP contribution >= 0.6 is 15.9 Å². The van der Waals surface area contributed by atoms with Gasteiger partial charge < -0.3 is 15.9 Å². The highest BCUT2D eigenvalue weighted by Crippen LogP contribution is 2.26. The Labute approximate surface area is 93.7 Å². The van der Waals surface area contributed by atoms with Crippen molar-refractivity contribution >= 4 is 15.9 Å². The van der Waals surface area contributed by atoms with Crippen LogP contribution in [0.5, 0.6) is 0 Å². The van der Waals surface area contributed by atoms with Crippen LogP contribution in [-0.2, 0) is 0 Å². The largest absolute Gasteiger partial charge is 0.389 e. The number of halogens is 3. The summed E-state index contributed by atoms with van der Waals surface area (Å²) in [5.41, 5.74) is 4.50. The normalized spacial score (nSPS) is 15.1. The molecule has 6 heteroatoms. The maximum absolute atomic E-state index is 13.3. The highest BCUT2D eigenvalue weighted by molar-refractivity contribution is 9.10. The zero-order chi connectivity index (χ0) is 11.6. The zero-order valence-corrected chi connectivity index (χ0v) is 9.21. The van der Waals surface area contributed by atoms with Crippen molar-refractivity contribution in [2.45, 2.75) is 12.2 Å². The van der Waals surface area contributed by atoms with Crippen molar-refractivity contribution in [1.29, 1.82) is 0 Å². The predicted molar refractivity (Wildman–Crippen MR) is 54.1 cm³/mol. The topological polar surface area (TPSA) is 66.5 Å². The van der Waals surface area contributed by atoms with Gasteiger partial charge in [0.25, 0.3) is 0 Å². The number of nitrogens with two attached hydrogens (primary N) is 1. The number of aliphatic hydroxyl groups is 2. The van der Waals surface area contributed by atoms with Crippen LogP contribution in [0.15, 0.2) is 16.6 Å². The number of hydrogen-bond acceptors (Lipinski definition) is 3. The molecule has 0 amide bonds. The molecule has 0 aliphatic heterocycles. The Morgan fingerprint density at radius 2 is 1.73 bits per heavy atom. The van der Waals surface area contributed by atoms with E-state index in [1.807, 2.05) is 0 Å². The van der Waals surface area contributed by atoms with Crippen LogP contribution in [-0.4, -0.2) is 22.9 Å². The molecule has 0 radical (unpaired) electrons. The Morgan fingerprint density at radius 3 is 2.13 bits per heavy atom. The van der Waals surface area contributed by atoms with Crippen LogP contribution < -0.4 is 5.73 Å². The van der Waals surface area contributed by atoms with Crippen molar-refractivity contribution < 1.29 is 19.0 Å². The summed E-state index contributed by atoms with van der Waals surface area (Å²) in [6.45, 7) is -0.282. The van der Waals surface area contributed by atoms with Crippen LogP contribution in [0.1, 0.15) is 11.7 Å². The van der Waals surface area contributed by atoms with E-state index in [0.717, 1.165) is 12.1 Å². The molecular weight excluding hydrogens is 272 g/mol. The lowest BCUT2D eigenvalue weighted by atomic mass is 10.0. The minimum absolute atomic E-state index is 0.218. The minimum atomic E-state index is -1.66. The molecule has 1 aromatic rings. The zero-order valence-electron chi connectivity index (χ0n) is 7.62. The van der Waals surface area contributed by atoms with Gasteiger partial charge in [0.05, 0.1) is 11.7 Å². The molecular formula is C9H10BrF2NO2. The second-order valence-electron chi connectivity index (χ2n) is 3.03. The van der Waals surface area contributed by atoms with E-state index in [2.05, 4.69) is 15.9 Å². The fourth-order valence-electron chi connectivity index (χ4n) is 1.16. The van der Waals surface area contributed by atoms with Gasteiger partial charge in [0.15, 0.2) is 0 Å². The van der Waals surface area contributed by atoms with E-state index in [1.165, 1.54) is 0 Å². The van der Waals surface area contributed by atoms with E-state index in [-0.39, 0.29) is 11.0 Å². The van der Waals surface area contributed by atoms with Gasteiger partial charge in [0.1, 0.15) is 17.7 Å². The highest BCUT2D eigenvalue weighted by atomic mass is 79.9. The molecule has 0 spiro atoms. The third kappa shape index (κ3) is 2.72. The Hall–Kier alpha value is -0.560. The summed E-state index contributed by atoms with van der Waals surface area (Å²) >= 11 is 2.90. The second-order valence-corrected chi connectivity index (χ2v) is 3.95. The molecule has 84 valence electrons. The van der Waals surface area contributed by atoms with Crippen LogP contribution in [0.3, 0.4) is 0 Å². The van der Waals surface area contributed by atoms with Crippen LogP contribution in [0.2, 0.25) is 0 Å². The Kier molecular flexibility index (Phi) is 4.15. The maximum Gasteiger partial charge on any atom is 0.133 e. The van der Waals surface area contributed by atoms with Gasteiger partial charge >= 0.3 is 0 Å². The van der Waals surface area contributed by atoms with Crippen LogP contribution in [0.4, 0.5) is 8.78 Å². The van der Waals surface area contributed by atoms with Gasteiger partial charge in [-0.1, -0.05) is 15.9 Å². The fourth-order valence-corrected chi connectivity index (χ4v) is 1.56. The van der Waals surface area contributed by atoms with Crippen LogP contribution in [0.25, 0.3) is 0 Å². The molecule has 0 saturated carbocycles. The van der Waals surface area contributed by atoms with E-state index in [1.54, 1.807) is 0 Å². The summed E-state index contributed by atoms with van der Waals surface area (Å²) in [5.74, 6) is -1.86. The quantitative estimate of drug-likeness (QED) is 0.777. The van der Waals surface area contributed by atoms with Gasteiger partial charge in [0.2, 0.25) is 0 Å². The van der Waals surface area contributed by atoms with Gasteiger partial charge in [-0.3, -0.25) is 0 Å². The predicted octanol–water partition coefficient (Wildman–Crippen LogP) is 1.08. The van der Waals surface area contributed by atoms with E-state index < -0.39 is 29.4 Å². The third-order valence-corrected chi connectivity index (χ3v) is 2.40. The number of aliphatic hydroxyl groups excluding tert-OH is 2. The number of hydrogen-bond donors (Lipinski definition) is 3. The lowest BCUT2D eigenvalue weighted by Crippen LogP contribution is -2.28. The molecule has 4 N–H and O–H groups in total. The molecule has 0 aliphatic rings. The molecule has 1 rings (SSSR count). The summed E-state index contributed by atoms with van der Waals surface area (Å²) in [7, 11) is 0. The first-order valence-corrected chi connectivity index (χ1v) is 4.97. The minimum Gasteiger partial charge on any atom is -0.389 e. The van der Waals surface area contributed by atoms with Crippen molar-refractivity contribution in [2.24, 2.45) is 5.73 Å². The van der Waals surface area contributed by atoms with Gasteiger partial charge in [-0.05, 0) is 12.1 Å². The first kappa shape index (κ1) is 12.5. The van der Waals surface area contributed by atoms with E-state index in [9.17, 15) is 19.0 Å². The Bertz CT molecular complexity index is 339. The third-order valence-electron chi connectivity index (χ3n) is 1.95. The van der Waals surface area contributed by atoms with E-state index in [4.69, 9.17) is 5.73 Å². The summed E-state index contributed by atoms with van der Waals surface area (Å²) in [6, 6.07) is 2.01. The number of benzene rings is 1. The second kappa shape index (κ2) is 4.98. The lowest BCUT2D eigenvalue weighted by molar-refractivity contribution is 0.0199. The molecule has 0 bridgehead atoms. The molecule has 0 heterocycles. The van der Waals surface area contributed by atoms with Gasteiger partial charge in [-0.2, -0.15) is 0 Å². The Balaban J connectivity index is 3.13. The summed E-state index contributed by atoms with van der Waals surface area (Å²) in [6.07, 6.45) is -3.06. The molecule has 2 atom stereocenters. The highest BCUT2D eigenvalue weighted by Gasteiger charge is 2.24. The summed E-state index contributed by atoms with van der Waals surface area (Å²) in [4.78, 5) is 0. The molecule has 1 aromatic carbocycles. The average Bonchev–Trinajstić information content (AvgIpc) is 2.14. The van der Waals surface area contributed by atoms with Gasteiger partial charge in [-0.25, -0.2) is 8.78 Å². The maximum atomic E-state index is 13.3. The van der Waals surface area contributed by atoms with Gasteiger partial charge in [-0.15, -0.1) is 0 Å². The van der Waals surface area contributed by atoms with E-state index >= 15 is 0 Å². The van der Waals surface area contributed by atoms with Crippen molar-refractivity contribution in [3.8, 4) is 0 Å². The molecule has 0 aromatic heterocycles. The van der Waals surface area contributed by atoms with Gasteiger partial charge in [0, 0.05) is 11.0 Å². The Morgan fingerprint density at radius 1 is 1.27 bits per heavy atom. The molecule has 0 fully saturated rings. The average molecular weight is 282 g/mol. The fraction of sp³-hybridized carbons (Fsp3) is 0.333. The first-order chi connectivity index (χ1) is 6.97. The smallest absolute Gasteiger partial charge is 0.133 e. The van der Waals surface area contributed by atoms with E-state index in [0.29, 0.717) is 0 Å². The molecule has 2 unspecified atom stereocenters. The summed E-state index contributed by atoms with van der Waals surface area (Å²) in [5, 5.41) is 18.6. The molecule has 3 nitrogen and oxygen atoms in total. The standard InChI is InChI=1S/C9H10BrF2NO2/c10-4-1-5(11)8(6(12)2-4)9(15)7(14)3-13/h1-2,7,9,14-15H,3,13H2. The SMILES string of the molecule is NCC(O)C(O)c1c(F)cc(Br)cc1F. The first-order valence-electron chi connectivity index (χ1n) is 4.18. The summed E-state index contributed by atoms with van der Waals surface area (Å²) < 4.78 is 26.8. The lowest BCUT2D eigenvalue weighted by Gasteiger charge is -2.17. The van der Waals surface area contributed by atoms with Crippen molar-refractivity contribution in [3.63, 3.8) is 0 Å². The van der Waals surface area contributed by atoms with Crippen molar-refractivity contribution in [3.05, 3.63) is 33.8 Å². The molecule has 0 saturated heterocycles. The monoisotopic (exact) mass is 281 g/mol. The van der Waals surface area contributed by atoms with Crippen molar-refractivity contribution in [2.75, 3.05) is 6.54 Å².